The van der Waals surface area contributed by atoms with E-state index in [2.05, 4.69) is 10.6 Å². The van der Waals surface area contributed by atoms with Gasteiger partial charge in [0, 0.05) is 35.8 Å². The number of benzene rings is 1. The molecule has 0 aliphatic carbocycles. The Bertz CT molecular complexity index is 708. The van der Waals surface area contributed by atoms with E-state index in [1.807, 2.05) is 12.1 Å². The standard InChI is InChI=1S/C17H17FN2O2S/c1-19-16(21)10-11-20-17(22)9-7-14-6-8-15(23-14)12-2-4-13(18)5-3-12/h2-9H,10-11H2,1H3,(H,19,21)(H,20,22)/b9-7+. The van der Waals surface area contributed by atoms with Crippen molar-refractivity contribution in [3.8, 4) is 10.4 Å². The largest absolute Gasteiger partial charge is 0.359 e. The van der Waals surface area contributed by atoms with Crippen LogP contribution in [0.25, 0.3) is 16.5 Å². The van der Waals surface area contributed by atoms with Crippen molar-refractivity contribution in [2.45, 2.75) is 6.42 Å². The molecule has 4 nitrogen and oxygen atoms in total. The van der Waals surface area contributed by atoms with Crippen molar-refractivity contribution < 1.29 is 14.0 Å². The molecule has 1 aromatic carbocycles. The highest BCUT2D eigenvalue weighted by Crippen LogP contribution is 2.28. The van der Waals surface area contributed by atoms with Crippen molar-refractivity contribution in [1.29, 1.82) is 0 Å². The van der Waals surface area contributed by atoms with Crippen molar-refractivity contribution in [2.75, 3.05) is 13.6 Å². The first kappa shape index (κ1) is 16.9. The van der Waals surface area contributed by atoms with E-state index in [0.717, 1.165) is 15.3 Å². The Morgan fingerprint density at radius 1 is 1.17 bits per heavy atom. The van der Waals surface area contributed by atoms with Gasteiger partial charge in [0.25, 0.3) is 0 Å². The highest BCUT2D eigenvalue weighted by molar-refractivity contribution is 7.16. The fraction of sp³-hybridized carbons (Fsp3) is 0.176. The van der Waals surface area contributed by atoms with Gasteiger partial charge in [0.2, 0.25) is 11.8 Å². The molecule has 0 saturated carbocycles. The summed E-state index contributed by atoms with van der Waals surface area (Å²) in [5.41, 5.74) is 0.936. The lowest BCUT2D eigenvalue weighted by Crippen LogP contribution is -2.27. The molecule has 2 amide bonds. The van der Waals surface area contributed by atoms with E-state index in [9.17, 15) is 14.0 Å². The number of carbonyl (C=O) groups is 2. The van der Waals surface area contributed by atoms with Gasteiger partial charge in [-0.3, -0.25) is 9.59 Å². The maximum atomic E-state index is 12.9. The summed E-state index contributed by atoms with van der Waals surface area (Å²) < 4.78 is 12.9. The van der Waals surface area contributed by atoms with Gasteiger partial charge < -0.3 is 10.6 Å². The fourth-order valence-electron chi connectivity index (χ4n) is 1.85. The molecule has 0 aliphatic heterocycles. The Labute approximate surface area is 138 Å². The molecule has 23 heavy (non-hydrogen) atoms. The summed E-state index contributed by atoms with van der Waals surface area (Å²) in [5, 5.41) is 5.13. The molecule has 2 rings (SSSR count). The second-order valence-electron chi connectivity index (χ2n) is 4.76. The van der Waals surface area contributed by atoms with E-state index in [4.69, 9.17) is 0 Å². The molecule has 120 valence electrons. The first-order valence-electron chi connectivity index (χ1n) is 7.11. The second kappa shape index (κ2) is 8.24. The first-order chi connectivity index (χ1) is 11.1. The van der Waals surface area contributed by atoms with Gasteiger partial charge in [0.05, 0.1) is 0 Å². The molecule has 2 N–H and O–H groups in total. The molecule has 1 heterocycles. The number of rotatable bonds is 6. The van der Waals surface area contributed by atoms with Gasteiger partial charge in [0.15, 0.2) is 0 Å². The van der Waals surface area contributed by atoms with Crippen molar-refractivity contribution in [2.24, 2.45) is 0 Å². The van der Waals surface area contributed by atoms with Crippen LogP contribution in [0, 0.1) is 5.82 Å². The zero-order valence-electron chi connectivity index (χ0n) is 12.6. The molecule has 0 saturated heterocycles. The third-order valence-corrected chi connectivity index (χ3v) is 4.18. The van der Waals surface area contributed by atoms with Gasteiger partial charge in [0.1, 0.15) is 5.82 Å². The minimum absolute atomic E-state index is 0.114. The Hall–Kier alpha value is -2.47. The number of halogens is 1. The van der Waals surface area contributed by atoms with E-state index in [-0.39, 0.29) is 24.1 Å². The van der Waals surface area contributed by atoms with E-state index >= 15 is 0 Å². The molecule has 0 atom stereocenters. The minimum Gasteiger partial charge on any atom is -0.359 e. The molecular formula is C17H17FN2O2S. The molecule has 0 aliphatic rings. The lowest BCUT2D eigenvalue weighted by molar-refractivity contribution is -0.120. The summed E-state index contributed by atoms with van der Waals surface area (Å²) in [6, 6.07) is 10.1. The van der Waals surface area contributed by atoms with Gasteiger partial charge in [-0.25, -0.2) is 4.39 Å². The van der Waals surface area contributed by atoms with Crippen molar-refractivity contribution in [3.63, 3.8) is 0 Å². The fourth-order valence-corrected chi connectivity index (χ4v) is 2.77. The number of hydrogen-bond acceptors (Lipinski definition) is 3. The lowest BCUT2D eigenvalue weighted by atomic mass is 10.2. The Balaban J connectivity index is 1.89. The van der Waals surface area contributed by atoms with Gasteiger partial charge >= 0.3 is 0 Å². The van der Waals surface area contributed by atoms with Crippen molar-refractivity contribution in [3.05, 3.63) is 53.2 Å². The van der Waals surface area contributed by atoms with Gasteiger partial charge in [-0.1, -0.05) is 12.1 Å². The molecule has 0 unspecified atom stereocenters. The monoisotopic (exact) mass is 332 g/mol. The van der Waals surface area contributed by atoms with E-state index in [1.54, 1.807) is 25.3 Å². The maximum Gasteiger partial charge on any atom is 0.244 e. The summed E-state index contributed by atoms with van der Waals surface area (Å²) in [6.07, 6.45) is 3.40. The summed E-state index contributed by atoms with van der Waals surface area (Å²) in [4.78, 5) is 24.6. The highest BCUT2D eigenvalue weighted by atomic mass is 32.1. The summed E-state index contributed by atoms with van der Waals surface area (Å²) in [7, 11) is 1.56. The van der Waals surface area contributed by atoms with Crippen LogP contribution in [0.15, 0.2) is 42.5 Å². The van der Waals surface area contributed by atoms with Crippen molar-refractivity contribution in [1.82, 2.24) is 10.6 Å². The average molecular weight is 332 g/mol. The van der Waals surface area contributed by atoms with Gasteiger partial charge in [-0.2, -0.15) is 0 Å². The molecule has 1 aromatic heterocycles. The predicted octanol–water partition coefficient (Wildman–Crippen LogP) is 2.82. The normalized spacial score (nSPS) is 10.7. The van der Waals surface area contributed by atoms with E-state index in [1.165, 1.54) is 29.5 Å². The summed E-state index contributed by atoms with van der Waals surface area (Å²) in [5.74, 6) is -0.624. The SMILES string of the molecule is CNC(=O)CCNC(=O)/C=C/c1ccc(-c2ccc(F)cc2)s1. The first-order valence-corrected chi connectivity index (χ1v) is 7.92. The molecule has 0 radical (unpaired) electrons. The van der Waals surface area contributed by atoms with Crippen LogP contribution in [0.4, 0.5) is 4.39 Å². The third kappa shape index (κ3) is 5.34. The summed E-state index contributed by atoms with van der Waals surface area (Å²) >= 11 is 1.51. The van der Waals surface area contributed by atoms with Crippen LogP contribution < -0.4 is 10.6 Å². The highest BCUT2D eigenvalue weighted by Gasteiger charge is 2.03. The Kier molecular flexibility index (Phi) is 6.05. The van der Waals surface area contributed by atoms with Crippen LogP contribution in [-0.2, 0) is 9.59 Å². The number of nitrogens with one attached hydrogen (secondary N) is 2. The average Bonchev–Trinajstić information content (AvgIpc) is 3.02. The number of carbonyl (C=O) groups excluding carboxylic acids is 2. The molecule has 2 aromatic rings. The Morgan fingerprint density at radius 2 is 1.91 bits per heavy atom. The van der Waals surface area contributed by atoms with Crippen LogP contribution in [-0.4, -0.2) is 25.4 Å². The van der Waals surface area contributed by atoms with Crippen LogP contribution >= 0.6 is 11.3 Å². The smallest absolute Gasteiger partial charge is 0.244 e. The Morgan fingerprint density at radius 3 is 2.61 bits per heavy atom. The number of hydrogen-bond donors (Lipinski definition) is 2. The third-order valence-electron chi connectivity index (χ3n) is 3.08. The van der Waals surface area contributed by atoms with Crippen LogP contribution in [0.5, 0.6) is 0 Å². The maximum absolute atomic E-state index is 12.9. The minimum atomic E-state index is -0.265. The van der Waals surface area contributed by atoms with Crippen LogP contribution in [0.2, 0.25) is 0 Å². The molecular weight excluding hydrogens is 315 g/mol. The summed E-state index contributed by atoms with van der Waals surface area (Å²) in [6.45, 7) is 0.300. The van der Waals surface area contributed by atoms with Gasteiger partial charge in [-0.15, -0.1) is 11.3 Å². The quantitative estimate of drug-likeness (QED) is 0.799. The zero-order valence-corrected chi connectivity index (χ0v) is 13.5. The van der Waals surface area contributed by atoms with Crippen LogP contribution in [0.3, 0.4) is 0 Å². The molecule has 0 fully saturated rings. The van der Waals surface area contributed by atoms with Gasteiger partial charge in [-0.05, 0) is 35.9 Å². The van der Waals surface area contributed by atoms with E-state index < -0.39 is 0 Å². The number of amides is 2. The molecule has 0 bridgehead atoms. The van der Waals surface area contributed by atoms with Crippen LogP contribution in [0.1, 0.15) is 11.3 Å². The molecule has 6 heteroatoms. The number of thiophene rings is 1. The lowest BCUT2D eigenvalue weighted by Gasteiger charge is -2.00. The second-order valence-corrected chi connectivity index (χ2v) is 5.87. The molecule has 0 spiro atoms. The topological polar surface area (TPSA) is 58.2 Å². The predicted molar refractivity (Wildman–Crippen MR) is 90.4 cm³/mol. The van der Waals surface area contributed by atoms with Crippen molar-refractivity contribution >= 4 is 29.2 Å². The zero-order chi connectivity index (χ0) is 16.7. The van der Waals surface area contributed by atoms with E-state index in [0.29, 0.717) is 6.54 Å².